The lowest BCUT2D eigenvalue weighted by Gasteiger charge is -2.13. The average molecular weight is 393 g/mol. The number of carbonyl (C=O) groups is 2. The van der Waals surface area contributed by atoms with Gasteiger partial charge in [-0.2, -0.15) is 0 Å². The Morgan fingerprint density at radius 1 is 1.32 bits per heavy atom. The van der Waals surface area contributed by atoms with Gasteiger partial charge in [0, 0.05) is 5.02 Å². The van der Waals surface area contributed by atoms with E-state index < -0.39 is 0 Å². The first-order valence-corrected chi connectivity index (χ1v) is 8.93. The van der Waals surface area contributed by atoms with Crippen LogP contribution in [-0.4, -0.2) is 27.6 Å². The molecule has 3 rings (SSSR count). The zero-order chi connectivity index (χ0) is 17.8. The van der Waals surface area contributed by atoms with Gasteiger partial charge in [0.2, 0.25) is 5.91 Å². The fraction of sp³-hybridized carbons (Fsp3) is 0.118. The second-order valence-electron chi connectivity index (χ2n) is 5.18. The first-order chi connectivity index (χ1) is 12.0. The minimum Gasteiger partial charge on any atom is -0.467 e. The van der Waals surface area contributed by atoms with E-state index in [0.29, 0.717) is 20.0 Å². The van der Waals surface area contributed by atoms with E-state index in [1.807, 2.05) is 12.1 Å². The summed E-state index contributed by atoms with van der Waals surface area (Å²) in [5.41, 5.74) is 0.840. The van der Waals surface area contributed by atoms with E-state index in [9.17, 15) is 9.59 Å². The van der Waals surface area contributed by atoms with Gasteiger partial charge in [-0.15, -0.1) is 0 Å². The second-order valence-corrected chi connectivity index (χ2v) is 7.29. The van der Waals surface area contributed by atoms with E-state index in [1.54, 1.807) is 30.3 Å². The van der Waals surface area contributed by atoms with Crippen LogP contribution < -0.4 is 5.32 Å². The van der Waals surface area contributed by atoms with Crippen molar-refractivity contribution in [2.24, 2.45) is 0 Å². The molecule has 8 heteroatoms. The second kappa shape index (κ2) is 7.86. The number of nitrogens with zero attached hydrogens (tertiary/aromatic N) is 1. The summed E-state index contributed by atoms with van der Waals surface area (Å²) in [5, 5.41) is 3.32. The van der Waals surface area contributed by atoms with Crippen molar-refractivity contribution in [3.05, 3.63) is 63.9 Å². The highest BCUT2D eigenvalue weighted by molar-refractivity contribution is 8.26. The van der Waals surface area contributed by atoms with Gasteiger partial charge in [0.25, 0.3) is 5.91 Å². The molecule has 5 nitrogen and oxygen atoms in total. The molecule has 2 heterocycles. The number of hydrogen-bond acceptors (Lipinski definition) is 5. The number of benzene rings is 1. The molecular formula is C17H13ClN2O3S2. The lowest BCUT2D eigenvalue weighted by atomic mass is 10.2. The summed E-state index contributed by atoms with van der Waals surface area (Å²) in [6, 6.07) is 10.6. The van der Waals surface area contributed by atoms with Gasteiger partial charge in [-0.1, -0.05) is 47.7 Å². The van der Waals surface area contributed by atoms with E-state index in [1.165, 1.54) is 22.9 Å². The molecule has 1 saturated heterocycles. The van der Waals surface area contributed by atoms with Crippen LogP contribution in [0.5, 0.6) is 0 Å². The molecule has 0 saturated carbocycles. The highest BCUT2D eigenvalue weighted by Crippen LogP contribution is 2.32. The molecule has 1 N–H and O–H groups in total. The monoisotopic (exact) mass is 392 g/mol. The molecule has 25 heavy (non-hydrogen) atoms. The lowest BCUT2D eigenvalue weighted by molar-refractivity contribution is -0.128. The summed E-state index contributed by atoms with van der Waals surface area (Å²) in [5.74, 6) is 0.0555. The number of furan rings is 1. The van der Waals surface area contributed by atoms with Crippen molar-refractivity contribution < 1.29 is 14.0 Å². The van der Waals surface area contributed by atoms with Crippen molar-refractivity contribution in [1.82, 2.24) is 10.2 Å². The molecular weight excluding hydrogens is 380 g/mol. The van der Waals surface area contributed by atoms with Crippen LogP contribution in [0.4, 0.5) is 0 Å². The van der Waals surface area contributed by atoms with Crippen molar-refractivity contribution in [2.75, 3.05) is 6.54 Å². The molecule has 1 aliphatic heterocycles. The number of thioether (sulfide) groups is 1. The Kier molecular flexibility index (Phi) is 5.57. The smallest absolute Gasteiger partial charge is 0.266 e. The zero-order valence-corrected chi connectivity index (χ0v) is 15.3. The fourth-order valence-electron chi connectivity index (χ4n) is 2.15. The van der Waals surface area contributed by atoms with Crippen LogP contribution in [0, 0.1) is 0 Å². The van der Waals surface area contributed by atoms with Gasteiger partial charge in [0.05, 0.1) is 17.7 Å². The predicted molar refractivity (Wildman–Crippen MR) is 102 cm³/mol. The number of thiocarbonyl (C=S) groups is 1. The number of amides is 2. The molecule has 0 unspecified atom stereocenters. The molecule has 1 aliphatic rings. The third kappa shape index (κ3) is 4.50. The van der Waals surface area contributed by atoms with Crippen molar-refractivity contribution in [3.63, 3.8) is 0 Å². The summed E-state index contributed by atoms with van der Waals surface area (Å²) in [7, 11) is 0. The zero-order valence-electron chi connectivity index (χ0n) is 12.9. The van der Waals surface area contributed by atoms with Crippen molar-refractivity contribution in [3.8, 4) is 0 Å². The largest absolute Gasteiger partial charge is 0.467 e. The Balaban J connectivity index is 1.62. The molecule has 128 valence electrons. The van der Waals surface area contributed by atoms with Gasteiger partial charge < -0.3 is 9.73 Å². The number of carbonyl (C=O) groups excluding carboxylic acids is 2. The Hall–Kier alpha value is -2.09. The van der Waals surface area contributed by atoms with Crippen molar-refractivity contribution >= 4 is 57.8 Å². The van der Waals surface area contributed by atoms with E-state index in [0.717, 1.165) is 5.56 Å². The van der Waals surface area contributed by atoms with E-state index in [2.05, 4.69) is 5.32 Å². The molecule has 0 atom stereocenters. The van der Waals surface area contributed by atoms with Crippen LogP contribution in [0.15, 0.2) is 52.0 Å². The molecule has 0 spiro atoms. The fourth-order valence-corrected chi connectivity index (χ4v) is 3.53. The Bertz CT molecular complexity index is 832. The molecule has 0 bridgehead atoms. The SMILES string of the molecule is O=C(CN1C(=O)C(=Cc2ccc(Cl)cc2)SC1=S)NCc1ccco1. The number of hydrogen-bond donors (Lipinski definition) is 1. The van der Waals surface area contributed by atoms with Crippen LogP contribution in [0.3, 0.4) is 0 Å². The van der Waals surface area contributed by atoms with Crippen molar-refractivity contribution in [1.29, 1.82) is 0 Å². The van der Waals surface area contributed by atoms with Crippen LogP contribution in [0.2, 0.25) is 5.02 Å². The maximum absolute atomic E-state index is 12.5. The molecule has 2 amide bonds. The lowest BCUT2D eigenvalue weighted by Crippen LogP contribution is -2.39. The van der Waals surface area contributed by atoms with Crippen molar-refractivity contribution in [2.45, 2.75) is 6.54 Å². The summed E-state index contributed by atoms with van der Waals surface area (Å²) in [6.07, 6.45) is 3.27. The molecule has 2 aromatic rings. The highest BCUT2D eigenvalue weighted by Gasteiger charge is 2.33. The van der Waals surface area contributed by atoms with Gasteiger partial charge in [0.1, 0.15) is 16.6 Å². The van der Waals surface area contributed by atoms with Gasteiger partial charge in [-0.25, -0.2) is 0 Å². The molecule has 0 radical (unpaired) electrons. The van der Waals surface area contributed by atoms with E-state index >= 15 is 0 Å². The third-order valence-electron chi connectivity index (χ3n) is 3.38. The Labute approximate surface area is 159 Å². The van der Waals surface area contributed by atoms with Crippen LogP contribution in [0.25, 0.3) is 6.08 Å². The topological polar surface area (TPSA) is 62.6 Å². The average Bonchev–Trinajstić information content (AvgIpc) is 3.19. The first kappa shape index (κ1) is 17.7. The predicted octanol–water partition coefficient (Wildman–Crippen LogP) is 3.45. The molecule has 1 aromatic heterocycles. The molecule has 0 aliphatic carbocycles. The minimum absolute atomic E-state index is 0.122. The quantitative estimate of drug-likeness (QED) is 0.623. The highest BCUT2D eigenvalue weighted by atomic mass is 35.5. The summed E-state index contributed by atoms with van der Waals surface area (Å²) in [6.45, 7) is 0.143. The van der Waals surface area contributed by atoms with Gasteiger partial charge in [-0.05, 0) is 35.9 Å². The van der Waals surface area contributed by atoms with Crippen LogP contribution >= 0.6 is 35.6 Å². The summed E-state index contributed by atoms with van der Waals surface area (Å²) in [4.78, 5) is 26.3. The number of halogens is 1. The number of nitrogens with one attached hydrogen (secondary N) is 1. The van der Waals surface area contributed by atoms with E-state index in [4.69, 9.17) is 28.2 Å². The maximum atomic E-state index is 12.5. The maximum Gasteiger partial charge on any atom is 0.266 e. The van der Waals surface area contributed by atoms with Gasteiger partial charge in [-0.3, -0.25) is 14.5 Å². The number of rotatable bonds is 5. The standard InChI is InChI=1S/C17H13ClN2O3S2/c18-12-5-3-11(4-6-12)8-14-16(22)20(17(24)25-14)10-15(21)19-9-13-2-1-7-23-13/h1-8H,9-10H2,(H,19,21). The van der Waals surface area contributed by atoms with E-state index in [-0.39, 0.29) is 24.9 Å². The van der Waals surface area contributed by atoms with Crippen LogP contribution in [-0.2, 0) is 16.1 Å². The Morgan fingerprint density at radius 2 is 2.08 bits per heavy atom. The normalized spacial score (nSPS) is 15.9. The van der Waals surface area contributed by atoms with Gasteiger partial charge >= 0.3 is 0 Å². The molecule has 1 fully saturated rings. The minimum atomic E-state index is -0.305. The summed E-state index contributed by atoms with van der Waals surface area (Å²) < 4.78 is 5.50. The molecule has 1 aromatic carbocycles. The Morgan fingerprint density at radius 3 is 2.76 bits per heavy atom. The third-order valence-corrected chi connectivity index (χ3v) is 5.01. The van der Waals surface area contributed by atoms with Crippen LogP contribution in [0.1, 0.15) is 11.3 Å². The van der Waals surface area contributed by atoms with Gasteiger partial charge in [0.15, 0.2) is 0 Å². The summed E-state index contributed by atoms with van der Waals surface area (Å²) >= 11 is 12.3. The first-order valence-electron chi connectivity index (χ1n) is 7.33.